The van der Waals surface area contributed by atoms with E-state index in [9.17, 15) is 26.4 Å². The first-order valence-corrected chi connectivity index (χ1v) is 7.24. The van der Waals surface area contributed by atoms with Crippen molar-refractivity contribution in [3.63, 3.8) is 0 Å². The standard InChI is InChI=1S/C10H19F3N2O4S/c1-9(2,3)5-7(4-8(16)17)15-20(18,19)14-6-10(11,12)13/h7,14-15H,4-6H2,1-3H3,(H,16,17). The number of carboxylic acids is 1. The maximum absolute atomic E-state index is 12.0. The number of nitrogens with one attached hydrogen (secondary N) is 2. The van der Waals surface area contributed by atoms with Gasteiger partial charge < -0.3 is 5.11 Å². The number of carbonyl (C=O) groups is 1. The molecule has 6 nitrogen and oxygen atoms in total. The molecular weight excluding hydrogens is 301 g/mol. The van der Waals surface area contributed by atoms with Gasteiger partial charge in [-0.25, -0.2) is 0 Å². The molecule has 0 heterocycles. The molecule has 0 fully saturated rings. The fraction of sp³-hybridized carbons (Fsp3) is 0.900. The van der Waals surface area contributed by atoms with Crippen molar-refractivity contribution >= 4 is 16.2 Å². The third-order valence-corrected chi connectivity index (χ3v) is 3.23. The van der Waals surface area contributed by atoms with E-state index in [0.717, 1.165) is 0 Å². The van der Waals surface area contributed by atoms with Crippen molar-refractivity contribution in [2.45, 2.75) is 45.8 Å². The summed E-state index contributed by atoms with van der Waals surface area (Å²) < 4.78 is 62.0. The lowest BCUT2D eigenvalue weighted by atomic mass is 9.87. The fourth-order valence-corrected chi connectivity index (χ4v) is 2.59. The van der Waals surface area contributed by atoms with Crippen LogP contribution in [0, 0.1) is 5.41 Å². The number of halogens is 3. The number of aliphatic carboxylic acids is 1. The monoisotopic (exact) mass is 320 g/mol. The zero-order valence-electron chi connectivity index (χ0n) is 11.4. The van der Waals surface area contributed by atoms with Crippen LogP contribution < -0.4 is 9.44 Å². The number of hydrogen-bond donors (Lipinski definition) is 3. The van der Waals surface area contributed by atoms with E-state index < -0.39 is 41.4 Å². The molecule has 0 saturated heterocycles. The third-order valence-electron chi connectivity index (χ3n) is 2.06. The van der Waals surface area contributed by atoms with Crippen molar-refractivity contribution in [1.82, 2.24) is 9.44 Å². The van der Waals surface area contributed by atoms with Crippen LogP contribution in [0.25, 0.3) is 0 Å². The summed E-state index contributed by atoms with van der Waals surface area (Å²) in [6.07, 6.45) is -5.02. The van der Waals surface area contributed by atoms with Gasteiger partial charge in [0.2, 0.25) is 0 Å². The van der Waals surface area contributed by atoms with Crippen LogP contribution in [0.15, 0.2) is 0 Å². The van der Waals surface area contributed by atoms with Crippen molar-refractivity contribution in [3.8, 4) is 0 Å². The van der Waals surface area contributed by atoms with Crippen LogP contribution in [0.3, 0.4) is 0 Å². The molecule has 10 heteroatoms. The SMILES string of the molecule is CC(C)(C)CC(CC(=O)O)NS(=O)(=O)NCC(F)(F)F. The normalized spacial score (nSPS) is 15.1. The lowest BCUT2D eigenvalue weighted by molar-refractivity contribution is -0.137. The van der Waals surface area contributed by atoms with Gasteiger partial charge in [0.05, 0.1) is 6.42 Å². The molecule has 0 amide bonds. The minimum absolute atomic E-state index is 0.173. The van der Waals surface area contributed by atoms with Gasteiger partial charge in [-0.05, 0) is 11.8 Å². The van der Waals surface area contributed by atoms with E-state index >= 15 is 0 Å². The van der Waals surface area contributed by atoms with Crippen molar-refractivity contribution in [3.05, 3.63) is 0 Å². The average molecular weight is 320 g/mol. The summed E-state index contributed by atoms with van der Waals surface area (Å²) >= 11 is 0. The fourth-order valence-electron chi connectivity index (χ4n) is 1.54. The Morgan fingerprint density at radius 3 is 2.10 bits per heavy atom. The number of rotatable bonds is 7. The molecule has 0 aromatic carbocycles. The van der Waals surface area contributed by atoms with E-state index in [2.05, 4.69) is 0 Å². The van der Waals surface area contributed by atoms with Gasteiger partial charge in [-0.2, -0.15) is 31.0 Å². The van der Waals surface area contributed by atoms with Gasteiger partial charge in [0.15, 0.2) is 0 Å². The van der Waals surface area contributed by atoms with Crippen molar-refractivity contribution in [2.24, 2.45) is 5.41 Å². The number of carboxylic acid groups (broad SMARTS) is 1. The highest BCUT2D eigenvalue weighted by Gasteiger charge is 2.31. The summed E-state index contributed by atoms with van der Waals surface area (Å²) in [6.45, 7) is 3.58. The lowest BCUT2D eigenvalue weighted by Crippen LogP contribution is -2.47. The Balaban J connectivity index is 4.74. The van der Waals surface area contributed by atoms with E-state index in [1.54, 1.807) is 20.8 Å². The van der Waals surface area contributed by atoms with Gasteiger partial charge in [0.1, 0.15) is 6.54 Å². The Morgan fingerprint density at radius 2 is 1.75 bits per heavy atom. The van der Waals surface area contributed by atoms with Crippen LogP contribution in [-0.2, 0) is 15.0 Å². The molecular formula is C10H19F3N2O4S. The Hall–Kier alpha value is -0.870. The number of hydrogen-bond acceptors (Lipinski definition) is 3. The van der Waals surface area contributed by atoms with Crippen LogP contribution >= 0.6 is 0 Å². The topological polar surface area (TPSA) is 95.5 Å². The minimum Gasteiger partial charge on any atom is -0.481 e. The molecule has 0 aliphatic heterocycles. The first kappa shape index (κ1) is 19.1. The minimum atomic E-state index is -4.68. The second kappa shape index (κ2) is 6.72. The van der Waals surface area contributed by atoms with Gasteiger partial charge in [0.25, 0.3) is 10.2 Å². The molecule has 0 aliphatic carbocycles. The predicted molar refractivity (Wildman–Crippen MR) is 66.2 cm³/mol. The zero-order chi connectivity index (χ0) is 16.2. The molecule has 3 N–H and O–H groups in total. The van der Waals surface area contributed by atoms with Crippen LogP contribution in [0.2, 0.25) is 0 Å². The van der Waals surface area contributed by atoms with Crippen LogP contribution in [0.5, 0.6) is 0 Å². The summed E-state index contributed by atoms with van der Waals surface area (Å²) in [5, 5.41) is 8.70. The highest BCUT2D eigenvalue weighted by molar-refractivity contribution is 7.87. The van der Waals surface area contributed by atoms with Gasteiger partial charge in [0, 0.05) is 6.04 Å². The third kappa shape index (κ3) is 11.0. The first-order chi connectivity index (χ1) is 8.70. The average Bonchev–Trinajstić information content (AvgIpc) is 2.08. The zero-order valence-corrected chi connectivity index (χ0v) is 12.2. The van der Waals surface area contributed by atoms with E-state index in [-0.39, 0.29) is 11.8 Å². The summed E-state index contributed by atoms with van der Waals surface area (Å²) in [4.78, 5) is 10.7. The Morgan fingerprint density at radius 1 is 1.25 bits per heavy atom. The van der Waals surface area contributed by atoms with Crippen LogP contribution in [0.1, 0.15) is 33.6 Å². The van der Waals surface area contributed by atoms with Crippen molar-refractivity contribution in [1.29, 1.82) is 0 Å². The molecule has 0 saturated carbocycles. The molecule has 20 heavy (non-hydrogen) atoms. The Bertz CT molecular complexity index is 429. The number of alkyl halides is 3. The molecule has 0 aromatic heterocycles. The molecule has 0 radical (unpaired) electrons. The second-order valence-electron chi connectivity index (χ2n) is 5.62. The molecule has 0 aromatic rings. The van der Waals surface area contributed by atoms with Gasteiger partial charge >= 0.3 is 12.1 Å². The quantitative estimate of drug-likeness (QED) is 0.658. The second-order valence-corrected chi connectivity index (χ2v) is 7.15. The molecule has 0 rings (SSSR count). The predicted octanol–water partition coefficient (Wildman–Crippen LogP) is 1.25. The van der Waals surface area contributed by atoms with E-state index in [1.165, 1.54) is 4.72 Å². The van der Waals surface area contributed by atoms with Crippen LogP contribution in [0.4, 0.5) is 13.2 Å². The van der Waals surface area contributed by atoms with Gasteiger partial charge in [-0.3, -0.25) is 4.79 Å². The first-order valence-electron chi connectivity index (χ1n) is 5.76. The highest BCUT2D eigenvalue weighted by atomic mass is 32.2. The summed E-state index contributed by atoms with van der Waals surface area (Å²) in [7, 11) is -4.42. The molecule has 0 aliphatic rings. The Kier molecular flexibility index (Phi) is 6.43. The van der Waals surface area contributed by atoms with Crippen LogP contribution in [-0.4, -0.2) is 38.3 Å². The molecule has 1 unspecified atom stereocenters. The van der Waals surface area contributed by atoms with Crippen molar-refractivity contribution in [2.75, 3.05) is 6.54 Å². The molecule has 0 spiro atoms. The maximum atomic E-state index is 12.0. The lowest BCUT2D eigenvalue weighted by Gasteiger charge is -2.25. The smallest absolute Gasteiger partial charge is 0.402 e. The van der Waals surface area contributed by atoms with Gasteiger partial charge in [-0.1, -0.05) is 20.8 Å². The van der Waals surface area contributed by atoms with Crippen molar-refractivity contribution < 1.29 is 31.5 Å². The van der Waals surface area contributed by atoms with E-state index in [0.29, 0.717) is 0 Å². The molecule has 120 valence electrons. The van der Waals surface area contributed by atoms with Gasteiger partial charge in [-0.15, -0.1) is 0 Å². The highest BCUT2D eigenvalue weighted by Crippen LogP contribution is 2.22. The van der Waals surface area contributed by atoms with E-state index in [1.807, 2.05) is 4.72 Å². The maximum Gasteiger partial charge on any atom is 0.402 e. The summed E-state index contributed by atoms with van der Waals surface area (Å²) in [5.74, 6) is -1.24. The molecule has 0 bridgehead atoms. The summed E-state index contributed by atoms with van der Waals surface area (Å²) in [5.41, 5.74) is -0.382. The Labute approximate surface area is 115 Å². The molecule has 1 atom stereocenters. The summed E-state index contributed by atoms with van der Waals surface area (Å²) in [6, 6.07) is -0.988. The largest absolute Gasteiger partial charge is 0.481 e. The van der Waals surface area contributed by atoms with E-state index in [4.69, 9.17) is 5.11 Å².